The van der Waals surface area contributed by atoms with Crippen molar-refractivity contribution in [3.63, 3.8) is 0 Å². The zero-order valence-corrected chi connectivity index (χ0v) is 15.3. The van der Waals surface area contributed by atoms with E-state index in [4.69, 9.17) is 4.42 Å². The Morgan fingerprint density at radius 1 is 1.28 bits per heavy atom. The van der Waals surface area contributed by atoms with Crippen LogP contribution in [0, 0.1) is 13.8 Å². The second-order valence-corrected chi connectivity index (χ2v) is 6.93. The third kappa shape index (κ3) is 4.28. The van der Waals surface area contributed by atoms with Crippen LogP contribution in [0.4, 0.5) is 0 Å². The van der Waals surface area contributed by atoms with E-state index in [1.807, 2.05) is 31.2 Å². The average molecular weight is 341 g/mol. The van der Waals surface area contributed by atoms with Gasteiger partial charge in [0.25, 0.3) is 5.91 Å². The van der Waals surface area contributed by atoms with Crippen molar-refractivity contribution >= 4 is 5.91 Å². The van der Waals surface area contributed by atoms with Crippen LogP contribution in [-0.4, -0.2) is 41.5 Å². The first-order valence-electron chi connectivity index (χ1n) is 9.11. The minimum atomic E-state index is -0.163. The highest BCUT2D eigenvalue weighted by atomic mass is 16.4. The number of benzene rings is 1. The van der Waals surface area contributed by atoms with E-state index in [0.29, 0.717) is 29.9 Å². The number of piperidine rings is 1. The van der Waals surface area contributed by atoms with Gasteiger partial charge >= 0.3 is 0 Å². The van der Waals surface area contributed by atoms with Crippen molar-refractivity contribution in [3.8, 4) is 11.5 Å². The molecule has 25 heavy (non-hydrogen) atoms. The number of hydrogen-bond donors (Lipinski definition) is 1. The molecule has 3 rings (SSSR count). The lowest BCUT2D eigenvalue weighted by molar-refractivity contribution is 0.0932. The van der Waals surface area contributed by atoms with Crippen LogP contribution in [0.25, 0.3) is 11.5 Å². The van der Waals surface area contributed by atoms with Crippen LogP contribution in [0.15, 0.2) is 28.7 Å². The van der Waals surface area contributed by atoms with Crippen LogP contribution >= 0.6 is 0 Å². The number of hydrogen-bond acceptors (Lipinski definition) is 4. The molecule has 1 unspecified atom stereocenters. The van der Waals surface area contributed by atoms with Gasteiger partial charge in [-0.1, -0.05) is 24.1 Å². The number of nitrogens with zero attached hydrogens (tertiary/aromatic N) is 2. The number of carbonyl (C=O) groups excluding carboxylic acids is 1. The normalized spacial score (nSPS) is 18.3. The van der Waals surface area contributed by atoms with Crippen LogP contribution in [-0.2, 0) is 0 Å². The van der Waals surface area contributed by atoms with E-state index in [2.05, 4.69) is 22.1 Å². The van der Waals surface area contributed by atoms with E-state index >= 15 is 0 Å². The summed E-state index contributed by atoms with van der Waals surface area (Å²) < 4.78 is 5.69. The molecule has 1 saturated heterocycles. The van der Waals surface area contributed by atoms with Gasteiger partial charge in [0.15, 0.2) is 5.69 Å². The predicted molar refractivity (Wildman–Crippen MR) is 98.6 cm³/mol. The summed E-state index contributed by atoms with van der Waals surface area (Å²) in [7, 11) is 0. The van der Waals surface area contributed by atoms with E-state index in [0.717, 1.165) is 18.7 Å². The lowest BCUT2D eigenvalue weighted by Crippen LogP contribution is -2.42. The minimum Gasteiger partial charge on any atom is -0.441 e. The highest BCUT2D eigenvalue weighted by molar-refractivity contribution is 5.93. The van der Waals surface area contributed by atoms with Gasteiger partial charge < -0.3 is 9.73 Å². The molecule has 2 heterocycles. The molecule has 2 aromatic rings. The number of rotatable bonds is 5. The largest absolute Gasteiger partial charge is 0.441 e. The Labute approximate surface area is 149 Å². The van der Waals surface area contributed by atoms with Crippen LogP contribution < -0.4 is 5.32 Å². The first-order chi connectivity index (χ1) is 12.0. The second-order valence-electron chi connectivity index (χ2n) is 6.93. The third-order valence-electron chi connectivity index (χ3n) is 4.94. The van der Waals surface area contributed by atoms with E-state index in [1.165, 1.54) is 24.8 Å². The number of carbonyl (C=O) groups is 1. The van der Waals surface area contributed by atoms with Crippen molar-refractivity contribution < 1.29 is 9.21 Å². The standard InChI is InChI=1S/C20H27N3O2/c1-14-7-9-17(10-8-14)20-22-18(16(3)25-20)19(24)21-11-13-23-12-5-4-6-15(23)2/h7-10,15H,4-6,11-13H2,1-3H3,(H,21,24). The van der Waals surface area contributed by atoms with Gasteiger partial charge in [-0.15, -0.1) is 0 Å². The van der Waals surface area contributed by atoms with Gasteiger partial charge in [0, 0.05) is 24.7 Å². The SMILES string of the molecule is Cc1ccc(-c2nc(C(=O)NCCN3CCCCC3C)c(C)o2)cc1. The molecule has 1 aliphatic rings. The molecule has 1 aliphatic heterocycles. The van der Waals surface area contributed by atoms with Crippen molar-refractivity contribution in [2.45, 2.75) is 46.1 Å². The molecule has 1 atom stereocenters. The molecule has 5 heteroatoms. The second kappa shape index (κ2) is 7.83. The Hall–Kier alpha value is -2.14. The summed E-state index contributed by atoms with van der Waals surface area (Å²) in [4.78, 5) is 19.3. The molecule has 1 aromatic heterocycles. The fourth-order valence-corrected chi connectivity index (χ4v) is 3.31. The molecule has 1 N–H and O–H groups in total. The van der Waals surface area contributed by atoms with Gasteiger partial charge in [0.2, 0.25) is 5.89 Å². The highest BCUT2D eigenvalue weighted by Gasteiger charge is 2.20. The molecule has 0 aliphatic carbocycles. The summed E-state index contributed by atoms with van der Waals surface area (Å²) in [6.07, 6.45) is 3.81. The number of likely N-dealkylation sites (tertiary alicyclic amines) is 1. The maximum Gasteiger partial charge on any atom is 0.273 e. The zero-order chi connectivity index (χ0) is 17.8. The molecule has 5 nitrogen and oxygen atoms in total. The highest BCUT2D eigenvalue weighted by Crippen LogP contribution is 2.22. The van der Waals surface area contributed by atoms with Crippen molar-refractivity contribution in [1.29, 1.82) is 0 Å². The monoisotopic (exact) mass is 341 g/mol. The number of oxazole rings is 1. The molecule has 1 amide bonds. The lowest BCUT2D eigenvalue weighted by Gasteiger charge is -2.33. The van der Waals surface area contributed by atoms with Gasteiger partial charge in [-0.3, -0.25) is 9.69 Å². The number of aryl methyl sites for hydroxylation is 2. The quantitative estimate of drug-likeness (QED) is 0.903. The summed E-state index contributed by atoms with van der Waals surface area (Å²) in [6.45, 7) is 8.72. The Balaban J connectivity index is 1.59. The van der Waals surface area contributed by atoms with Crippen molar-refractivity contribution in [2.75, 3.05) is 19.6 Å². The lowest BCUT2D eigenvalue weighted by atomic mass is 10.0. The molecule has 0 spiro atoms. The van der Waals surface area contributed by atoms with Crippen molar-refractivity contribution in [1.82, 2.24) is 15.2 Å². The summed E-state index contributed by atoms with van der Waals surface area (Å²) in [5, 5.41) is 2.98. The molecule has 0 saturated carbocycles. The molecular weight excluding hydrogens is 314 g/mol. The van der Waals surface area contributed by atoms with E-state index in [-0.39, 0.29) is 5.91 Å². The van der Waals surface area contributed by atoms with E-state index < -0.39 is 0 Å². The van der Waals surface area contributed by atoms with Crippen LogP contribution in [0.1, 0.15) is 48.0 Å². The minimum absolute atomic E-state index is 0.163. The smallest absolute Gasteiger partial charge is 0.273 e. The predicted octanol–water partition coefficient (Wildman–Crippen LogP) is 3.56. The number of aromatic nitrogens is 1. The van der Waals surface area contributed by atoms with Crippen molar-refractivity contribution in [2.24, 2.45) is 0 Å². The van der Waals surface area contributed by atoms with Gasteiger partial charge in [-0.2, -0.15) is 0 Å². The first-order valence-corrected chi connectivity index (χ1v) is 9.11. The van der Waals surface area contributed by atoms with Crippen LogP contribution in [0.3, 0.4) is 0 Å². The van der Waals surface area contributed by atoms with E-state index in [1.54, 1.807) is 6.92 Å². The van der Waals surface area contributed by atoms with Crippen molar-refractivity contribution in [3.05, 3.63) is 41.3 Å². The van der Waals surface area contributed by atoms with Crippen LogP contribution in [0.2, 0.25) is 0 Å². The Morgan fingerprint density at radius 3 is 2.76 bits per heavy atom. The molecule has 0 radical (unpaired) electrons. The molecular formula is C20H27N3O2. The Bertz CT molecular complexity index is 721. The maximum absolute atomic E-state index is 12.4. The van der Waals surface area contributed by atoms with E-state index in [9.17, 15) is 4.79 Å². The molecule has 1 aromatic carbocycles. The molecule has 1 fully saturated rings. The Morgan fingerprint density at radius 2 is 2.04 bits per heavy atom. The summed E-state index contributed by atoms with van der Waals surface area (Å²) >= 11 is 0. The number of amides is 1. The first kappa shape index (κ1) is 17.7. The van der Waals surface area contributed by atoms with Gasteiger partial charge in [-0.05, 0) is 52.3 Å². The molecule has 134 valence electrons. The van der Waals surface area contributed by atoms with Gasteiger partial charge in [0.1, 0.15) is 5.76 Å². The summed E-state index contributed by atoms with van der Waals surface area (Å²) in [5.41, 5.74) is 2.44. The fourth-order valence-electron chi connectivity index (χ4n) is 3.31. The Kier molecular flexibility index (Phi) is 5.53. The topological polar surface area (TPSA) is 58.4 Å². The fraction of sp³-hybridized carbons (Fsp3) is 0.500. The van der Waals surface area contributed by atoms with Gasteiger partial charge in [-0.25, -0.2) is 4.98 Å². The van der Waals surface area contributed by atoms with Crippen LogP contribution in [0.5, 0.6) is 0 Å². The third-order valence-corrected chi connectivity index (χ3v) is 4.94. The average Bonchev–Trinajstić information content (AvgIpc) is 2.99. The number of nitrogens with one attached hydrogen (secondary N) is 1. The molecule has 0 bridgehead atoms. The summed E-state index contributed by atoms with van der Waals surface area (Å²) in [6, 6.07) is 8.54. The zero-order valence-electron chi connectivity index (χ0n) is 15.3. The van der Waals surface area contributed by atoms with Gasteiger partial charge in [0.05, 0.1) is 0 Å². The maximum atomic E-state index is 12.4. The summed E-state index contributed by atoms with van der Waals surface area (Å²) in [5.74, 6) is 0.885.